The number of aromatic hydroxyl groups is 3. The van der Waals surface area contributed by atoms with Crippen LogP contribution in [0.15, 0.2) is 36.1 Å². The van der Waals surface area contributed by atoms with Gasteiger partial charge in [0.05, 0.1) is 11.7 Å². The van der Waals surface area contributed by atoms with Crippen molar-refractivity contribution in [3.05, 3.63) is 47.2 Å². The van der Waals surface area contributed by atoms with Crippen molar-refractivity contribution in [3.63, 3.8) is 0 Å². The van der Waals surface area contributed by atoms with E-state index in [2.05, 4.69) is 0 Å². The predicted molar refractivity (Wildman–Crippen MR) is 108 cm³/mol. The summed E-state index contributed by atoms with van der Waals surface area (Å²) in [4.78, 5) is 12.6. The highest BCUT2D eigenvalue weighted by Crippen LogP contribution is 2.46. The van der Waals surface area contributed by atoms with Crippen molar-refractivity contribution >= 4 is 11.9 Å². The van der Waals surface area contributed by atoms with Crippen molar-refractivity contribution in [3.8, 4) is 28.7 Å². The lowest BCUT2D eigenvalue weighted by molar-refractivity contribution is -0.157. The number of phenols is 3. The van der Waals surface area contributed by atoms with E-state index in [1.165, 1.54) is 36.4 Å². The molecule has 0 radical (unpaired) electrons. The fourth-order valence-corrected chi connectivity index (χ4v) is 3.84. The molecule has 1 aliphatic carbocycles. The number of allylic oxidation sites excluding steroid dienone is 1. The zero-order valence-electron chi connectivity index (χ0n) is 16.6. The van der Waals surface area contributed by atoms with E-state index in [4.69, 9.17) is 9.47 Å². The molecule has 0 aromatic heterocycles. The van der Waals surface area contributed by atoms with Gasteiger partial charge in [-0.3, -0.25) is 4.79 Å². The van der Waals surface area contributed by atoms with E-state index in [9.17, 15) is 40.5 Å². The molecular weight excluding hydrogens is 424 g/mol. The topological polar surface area (TPSA) is 177 Å². The number of carbonyl (C=O) groups excluding carboxylic acids is 1. The minimum atomic E-state index is -1.54. The molecule has 0 bridgehead atoms. The molecule has 1 aliphatic heterocycles. The Kier molecular flexibility index (Phi) is 5.70. The largest absolute Gasteiger partial charge is 0.504 e. The van der Waals surface area contributed by atoms with Crippen LogP contribution in [0.3, 0.4) is 0 Å². The van der Waals surface area contributed by atoms with Crippen LogP contribution in [0.2, 0.25) is 0 Å². The van der Waals surface area contributed by atoms with E-state index >= 15 is 0 Å². The van der Waals surface area contributed by atoms with Crippen molar-refractivity contribution in [2.24, 2.45) is 5.92 Å². The van der Waals surface area contributed by atoms with Crippen LogP contribution < -0.4 is 9.47 Å². The van der Waals surface area contributed by atoms with Crippen LogP contribution in [-0.4, -0.2) is 72.6 Å². The molecule has 2 aliphatic rings. The Hall–Kier alpha value is -3.31. The first-order chi connectivity index (χ1) is 15.2. The Morgan fingerprint density at radius 3 is 2.44 bits per heavy atom. The summed E-state index contributed by atoms with van der Waals surface area (Å²) < 4.78 is 11.1. The van der Waals surface area contributed by atoms with E-state index in [1.807, 2.05) is 0 Å². The van der Waals surface area contributed by atoms with E-state index in [-0.39, 0.29) is 40.7 Å². The van der Waals surface area contributed by atoms with Gasteiger partial charge in [-0.25, -0.2) is 0 Å². The number of Topliss-reactive ketones (excluding diaryl/α,β-unsaturated/α-hetero) is 1. The minimum Gasteiger partial charge on any atom is -0.504 e. The van der Waals surface area contributed by atoms with Crippen LogP contribution in [0.1, 0.15) is 22.3 Å². The van der Waals surface area contributed by atoms with Gasteiger partial charge in [0.2, 0.25) is 11.5 Å². The second kappa shape index (κ2) is 8.32. The fraction of sp³-hybridized carbons (Fsp3) is 0.318. The van der Waals surface area contributed by atoms with Gasteiger partial charge in [-0.1, -0.05) is 6.07 Å². The first-order valence-electron chi connectivity index (χ1n) is 9.85. The maximum Gasteiger partial charge on any atom is 0.232 e. The number of benzene rings is 2. The fourth-order valence-electron chi connectivity index (χ4n) is 3.84. The van der Waals surface area contributed by atoms with Crippen molar-refractivity contribution in [2.75, 3.05) is 6.61 Å². The van der Waals surface area contributed by atoms with Gasteiger partial charge >= 0.3 is 0 Å². The molecule has 4 rings (SSSR count). The highest BCUT2D eigenvalue weighted by molar-refractivity contribution is 6.15. The summed E-state index contributed by atoms with van der Waals surface area (Å²) >= 11 is 0. The monoisotopic (exact) mass is 446 g/mol. The standard InChI is InChI=1S/C22H22O10/c23-8-10-7-16(19(28)21(30)17(10)26)31-14-4-2-11-18(27)15(32-22(11)20(14)29)6-9-1-3-12(24)13(25)5-9/h1-6,10,16-17,19,21,23-26,28-30H,7-8H2/b15-6-/t10-,16-,17-,19+,21+/m1/s1. The highest BCUT2D eigenvalue weighted by atomic mass is 16.5. The van der Waals surface area contributed by atoms with Gasteiger partial charge in [-0.05, 0) is 42.3 Å². The first-order valence-corrected chi connectivity index (χ1v) is 9.85. The minimum absolute atomic E-state index is 0.0156. The van der Waals surface area contributed by atoms with Crippen molar-refractivity contribution in [2.45, 2.75) is 30.8 Å². The average molecular weight is 446 g/mol. The van der Waals surface area contributed by atoms with Crippen molar-refractivity contribution < 1.29 is 50.0 Å². The van der Waals surface area contributed by atoms with Gasteiger partial charge in [-0.15, -0.1) is 0 Å². The maximum atomic E-state index is 12.6. The predicted octanol–water partition coefficient (Wildman–Crippen LogP) is 0.262. The second-order valence-corrected chi connectivity index (χ2v) is 7.78. The quantitative estimate of drug-likeness (QED) is 0.255. The molecule has 1 fully saturated rings. The molecule has 32 heavy (non-hydrogen) atoms. The number of phenolic OH excluding ortho intramolecular Hbond substituents is 3. The number of aliphatic hydroxyl groups excluding tert-OH is 4. The Balaban J connectivity index is 1.59. The molecule has 1 heterocycles. The summed E-state index contributed by atoms with van der Waals surface area (Å²) in [7, 11) is 0. The van der Waals surface area contributed by atoms with Crippen molar-refractivity contribution in [1.82, 2.24) is 0 Å². The van der Waals surface area contributed by atoms with Crippen LogP contribution in [0, 0.1) is 5.92 Å². The van der Waals surface area contributed by atoms with Gasteiger partial charge in [0.15, 0.2) is 28.8 Å². The SMILES string of the molecule is O=C1/C(=C/c2ccc(O)c(O)c2)Oc2c1ccc(O[C@@H]1C[C@H](CO)[C@@H](O)[C@H](O)[C@H]1O)c2O. The molecule has 10 heteroatoms. The number of aliphatic hydroxyl groups is 4. The zero-order chi connectivity index (χ0) is 23.2. The second-order valence-electron chi connectivity index (χ2n) is 7.78. The van der Waals surface area contributed by atoms with Crippen molar-refractivity contribution in [1.29, 1.82) is 0 Å². The lowest BCUT2D eigenvalue weighted by Gasteiger charge is -2.39. The molecule has 10 nitrogen and oxygen atoms in total. The van der Waals surface area contributed by atoms with Crippen LogP contribution in [0.5, 0.6) is 28.7 Å². The molecule has 5 atom stereocenters. The lowest BCUT2D eigenvalue weighted by atomic mass is 9.81. The van der Waals surface area contributed by atoms with E-state index < -0.39 is 48.5 Å². The maximum absolute atomic E-state index is 12.6. The van der Waals surface area contributed by atoms with E-state index in [1.54, 1.807) is 0 Å². The molecule has 0 amide bonds. The number of carbonyl (C=O) groups is 1. The molecule has 2 aromatic carbocycles. The van der Waals surface area contributed by atoms with Gasteiger partial charge in [-0.2, -0.15) is 0 Å². The molecule has 0 unspecified atom stereocenters. The Morgan fingerprint density at radius 2 is 1.75 bits per heavy atom. The van der Waals surface area contributed by atoms with E-state index in [0.29, 0.717) is 5.56 Å². The van der Waals surface area contributed by atoms with Gasteiger partial charge in [0.1, 0.15) is 18.3 Å². The molecule has 170 valence electrons. The molecule has 7 N–H and O–H groups in total. The van der Waals surface area contributed by atoms with Gasteiger partial charge in [0, 0.05) is 12.5 Å². The molecule has 0 saturated heterocycles. The third-order valence-electron chi connectivity index (χ3n) is 5.68. The number of fused-ring (bicyclic) bond motifs is 1. The Morgan fingerprint density at radius 1 is 1.00 bits per heavy atom. The highest BCUT2D eigenvalue weighted by Gasteiger charge is 2.44. The Bertz CT molecular complexity index is 1080. The molecule has 1 saturated carbocycles. The third kappa shape index (κ3) is 3.73. The molecule has 2 aromatic rings. The smallest absolute Gasteiger partial charge is 0.232 e. The summed E-state index contributed by atoms with van der Waals surface area (Å²) in [6.45, 7) is -0.431. The number of rotatable bonds is 4. The number of ether oxygens (including phenoxy) is 2. The molecule has 0 spiro atoms. The molecular formula is C22H22O10. The lowest BCUT2D eigenvalue weighted by Crippen LogP contribution is -2.56. The third-order valence-corrected chi connectivity index (χ3v) is 5.68. The summed E-state index contributed by atoms with van der Waals surface area (Å²) in [5.41, 5.74) is 0.442. The van der Waals surface area contributed by atoms with Gasteiger partial charge in [0.25, 0.3) is 0 Å². The number of hydrogen-bond acceptors (Lipinski definition) is 10. The summed E-state index contributed by atoms with van der Waals surface area (Å²) in [5.74, 6) is -2.86. The first kappa shape index (κ1) is 21.9. The Labute approximate surface area is 181 Å². The number of ketones is 1. The summed E-state index contributed by atoms with van der Waals surface area (Å²) in [6.07, 6.45) is -4.03. The zero-order valence-corrected chi connectivity index (χ0v) is 16.6. The van der Waals surface area contributed by atoms with Crippen LogP contribution in [0.4, 0.5) is 0 Å². The number of hydrogen-bond donors (Lipinski definition) is 7. The average Bonchev–Trinajstić information content (AvgIpc) is 3.09. The normalized spacial score (nSPS) is 28.4. The summed E-state index contributed by atoms with van der Waals surface area (Å²) in [6, 6.07) is 6.61. The van der Waals surface area contributed by atoms with Crippen LogP contribution >= 0.6 is 0 Å². The van der Waals surface area contributed by atoms with Gasteiger partial charge < -0.3 is 45.2 Å². The van der Waals surface area contributed by atoms with Crippen LogP contribution in [-0.2, 0) is 0 Å². The summed E-state index contributed by atoms with van der Waals surface area (Å²) in [5, 5.41) is 69.2. The van der Waals surface area contributed by atoms with Crippen LogP contribution in [0.25, 0.3) is 6.08 Å². The van der Waals surface area contributed by atoms with E-state index in [0.717, 1.165) is 0 Å².